The summed E-state index contributed by atoms with van der Waals surface area (Å²) >= 11 is 1.36. The third kappa shape index (κ3) is 3.03. The maximum absolute atomic E-state index is 12.2. The van der Waals surface area contributed by atoms with Gasteiger partial charge >= 0.3 is 0 Å². The molecule has 0 saturated carbocycles. The second-order valence-electron chi connectivity index (χ2n) is 5.24. The van der Waals surface area contributed by atoms with E-state index in [0.717, 1.165) is 26.3 Å². The number of morpholine rings is 1. The van der Waals surface area contributed by atoms with Gasteiger partial charge in [0.1, 0.15) is 5.56 Å². The minimum atomic E-state index is -0.377. The molecule has 0 aliphatic carbocycles. The van der Waals surface area contributed by atoms with Crippen LogP contribution < -0.4 is 10.9 Å². The van der Waals surface area contributed by atoms with Gasteiger partial charge in [0.25, 0.3) is 11.5 Å². The lowest BCUT2D eigenvalue weighted by molar-refractivity contribution is 0.0204. The molecule has 118 valence electrons. The minimum absolute atomic E-state index is 0.0741. The van der Waals surface area contributed by atoms with Gasteiger partial charge < -0.3 is 10.1 Å². The topological polar surface area (TPSA) is 75.9 Å². The summed E-state index contributed by atoms with van der Waals surface area (Å²) in [6, 6.07) is 0.202. The highest BCUT2D eigenvalue weighted by Crippen LogP contribution is 2.06. The van der Waals surface area contributed by atoms with Gasteiger partial charge in [0.05, 0.1) is 13.2 Å². The predicted octanol–water partition coefficient (Wildman–Crippen LogP) is 0.206. The van der Waals surface area contributed by atoms with Crippen LogP contribution in [-0.4, -0.2) is 59.1 Å². The number of fused-ring (bicyclic) bond motifs is 1. The summed E-state index contributed by atoms with van der Waals surface area (Å²) in [6.45, 7) is 5.71. The first-order chi connectivity index (χ1) is 10.7. The molecule has 1 aliphatic rings. The molecule has 3 heterocycles. The van der Waals surface area contributed by atoms with Crippen LogP contribution in [0.15, 0.2) is 22.6 Å². The van der Waals surface area contributed by atoms with E-state index in [0.29, 0.717) is 11.5 Å². The van der Waals surface area contributed by atoms with E-state index in [-0.39, 0.29) is 23.1 Å². The van der Waals surface area contributed by atoms with Crippen molar-refractivity contribution in [2.45, 2.75) is 13.0 Å². The van der Waals surface area contributed by atoms with Gasteiger partial charge in [-0.2, -0.15) is 0 Å². The van der Waals surface area contributed by atoms with Crippen LogP contribution in [0.4, 0.5) is 0 Å². The van der Waals surface area contributed by atoms with Crippen LogP contribution in [0.5, 0.6) is 0 Å². The summed E-state index contributed by atoms with van der Waals surface area (Å²) in [5, 5.41) is 4.59. The number of hydrogen-bond acceptors (Lipinski definition) is 6. The van der Waals surface area contributed by atoms with Gasteiger partial charge in [-0.1, -0.05) is 0 Å². The fourth-order valence-electron chi connectivity index (χ4n) is 2.46. The van der Waals surface area contributed by atoms with E-state index in [4.69, 9.17) is 4.74 Å². The van der Waals surface area contributed by atoms with Gasteiger partial charge in [-0.3, -0.25) is 18.9 Å². The Kier molecular flexibility index (Phi) is 4.51. The van der Waals surface area contributed by atoms with E-state index in [1.165, 1.54) is 21.9 Å². The Morgan fingerprint density at radius 1 is 1.50 bits per heavy atom. The van der Waals surface area contributed by atoms with E-state index in [1.54, 1.807) is 11.6 Å². The van der Waals surface area contributed by atoms with Crippen molar-refractivity contribution in [1.29, 1.82) is 0 Å². The number of rotatable bonds is 4. The number of carbonyl (C=O) groups is 1. The second kappa shape index (κ2) is 6.55. The third-order valence-corrected chi connectivity index (χ3v) is 4.59. The first-order valence-corrected chi connectivity index (χ1v) is 8.09. The number of aromatic nitrogens is 2. The van der Waals surface area contributed by atoms with Crippen LogP contribution in [0.25, 0.3) is 4.96 Å². The molecule has 1 amide bonds. The van der Waals surface area contributed by atoms with E-state index in [9.17, 15) is 9.59 Å². The van der Waals surface area contributed by atoms with Gasteiger partial charge in [-0.15, -0.1) is 11.3 Å². The molecule has 1 saturated heterocycles. The molecule has 0 unspecified atom stereocenters. The Hall–Kier alpha value is -1.77. The molecule has 0 bridgehead atoms. The summed E-state index contributed by atoms with van der Waals surface area (Å²) in [5.41, 5.74) is -0.257. The Morgan fingerprint density at radius 3 is 3.05 bits per heavy atom. The average Bonchev–Trinajstić information content (AvgIpc) is 3.03. The Bertz CT molecular complexity index is 720. The van der Waals surface area contributed by atoms with Gasteiger partial charge in [0.15, 0.2) is 4.96 Å². The van der Waals surface area contributed by atoms with Crippen LogP contribution in [-0.2, 0) is 4.74 Å². The first kappa shape index (κ1) is 15.1. The van der Waals surface area contributed by atoms with Crippen LogP contribution in [0, 0.1) is 0 Å². The van der Waals surface area contributed by atoms with Crippen molar-refractivity contribution < 1.29 is 9.53 Å². The molecule has 1 fully saturated rings. The molecule has 2 aromatic heterocycles. The van der Waals surface area contributed by atoms with Crippen molar-refractivity contribution in [1.82, 2.24) is 19.6 Å². The molecular weight excluding hydrogens is 304 g/mol. The number of nitrogens with one attached hydrogen (secondary N) is 1. The van der Waals surface area contributed by atoms with E-state index in [1.807, 2.05) is 0 Å². The molecule has 2 aromatic rings. The predicted molar refractivity (Wildman–Crippen MR) is 83.5 cm³/mol. The fourth-order valence-corrected chi connectivity index (χ4v) is 3.14. The summed E-state index contributed by atoms with van der Waals surface area (Å²) in [4.78, 5) is 31.4. The number of nitrogens with zero attached hydrogens (tertiary/aromatic N) is 3. The number of amides is 1. The molecule has 8 heteroatoms. The minimum Gasteiger partial charge on any atom is -0.379 e. The largest absolute Gasteiger partial charge is 0.379 e. The van der Waals surface area contributed by atoms with Crippen LogP contribution >= 0.6 is 11.3 Å². The summed E-state index contributed by atoms with van der Waals surface area (Å²) in [7, 11) is 0. The van der Waals surface area contributed by atoms with E-state index in [2.05, 4.69) is 22.1 Å². The SMILES string of the molecule is C[C@H](CNC(=O)c1cnc2sccn2c1=O)N1CCOCC1. The van der Waals surface area contributed by atoms with E-state index >= 15 is 0 Å². The lowest BCUT2D eigenvalue weighted by Gasteiger charge is -2.32. The van der Waals surface area contributed by atoms with E-state index < -0.39 is 0 Å². The standard InChI is InChI=1S/C14H18N4O3S/c1-10(17-2-5-21-6-3-17)8-15-12(19)11-9-16-14-18(13(11)20)4-7-22-14/h4,7,9-10H,2-3,5-6,8H2,1H3,(H,15,19)/t10-/m1/s1. The third-order valence-electron chi connectivity index (χ3n) is 3.81. The Morgan fingerprint density at radius 2 is 2.27 bits per heavy atom. The molecule has 0 radical (unpaired) electrons. The molecule has 1 aliphatic heterocycles. The lowest BCUT2D eigenvalue weighted by atomic mass is 10.2. The number of hydrogen-bond donors (Lipinski definition) is 1. The molecule has 0 spiro atoms. The monoisotopic (exact) mass is 322 g/mol. The number of carbonyl (C=O) groups excluding carboxylic acids is 1. The van der Waals surface area contributed by atoms with Gasteiger partial charge in [-0.25, -0.2) is 4.98 Å². The highest BCUT2D eigenvalue weighted by molar-refractivity contribution is 7.15. The summed E-state index contributed by atoms with van der Waals surface area (Å²) < 4.78 is 6.71. The highest BCUT2D eigenvalue weighted by atomic mass is 32.1. The number of thiazole rings is 1. The maximum Gasteiger partial charge on any atom is 0.271 e. The van der Waals surface area contributed by atoms with Crippen LogP contribution in [0.2, 0.25) is 0 Å². The molecule has 1 atom stereocenters. The van der Waals surface area contributed by atoms with Gasteiger partial charge in [0.2, 0.25) is 0 Å². The Balaban J connectivity index is 1.65. The fraction of sp³-hybridized carbons (Fsp3) is 0.500. The van der Waals surface area contributed by atoms with Gasteiger partial charge in [0, 0.05) is 43.4 Å². The zero-order valence-corrected chi connectivity index (χ0v) is 13.1. The van der Waals surface area contributed by atoms with Gasteiger partial charge in [-0.05, 0) is 6.92 Å². The van der Waals surface area contributed by atoms with Crippen molar-refractivity contribution in [2.75, 3.05) is 32.8 Å². The van der Waals surface area contributed by atoms with Crippen molar-refractivity contribution in [3.8, 4) is 0 Å². The molecule has 0 aromatic carbocycles. The number of ether oxygens (including phenoxy) is 1. The quantitative estimate of drug-likeness (QED) is 0.871. The summed E-state index contributed by atoms with van der Waals surface area (Å²) in [6.07, 6.45) is 2.98. The van der Waals surface area contributed by atoms with Crippen molar-refractivity contribution in [3.05, 3.63) is 33.7 Å². The zero-order chi connectivity index (χ0) is 15.5. The lowest BCUT2D eigenvalue weighted by Crippen LogP contribution is -2.47. The maximum atomic E-state index is 12.2. The van der Waals surface area contributed by atoms with Crippen molar-refractivity contribution in [2.24, 2.45) is 0 Å². The van der Waals surface area contributed by atoms with Crippen molar-refractivity contribution in [3.63, 3.8) is 0 Å². The highest BCUT2D eigenvalue weighted by Gasteiger charge is 2.19. The zero-order valence-electron chi connectivity index (χ0n) is 12.3. The Labute approximate surface area is 131 Å². The van der Waals surface area contributed by atoms with Crippen LogP contribution in [0.1, 0.15) is 17.3 Å². The molecular formula is C14H18N4O3S. The molecule has 7 nitrogen and oxygen atoms in total. The normalized spacial score (nSPS) is 17.5. The molecule has 22 heavy (non-hydrogen) atoms. The summed E-state index contributed by atoms with van der Waals surface area (Å²) in [5.74, 6) is -0.377. The molecule has 1 N–H and O–H groups in total. The van der Waals surface area contributed by atoms with Crippen LogP contribution in [0.3, 0.4) is 0 Å². The first-order valence-electron chi connectivity index (χ1n) is 7.21. The van der Waals surface area contributed by atoms with Crippen molar-refractivity contribution >= 4 is 22.2 Å². The molecule has 3 rings (SSSR count). The average molecular weight is 322 g/mol. The second-order valence-corrected chi connectivity index (χ2v) is 6.11. The smallest absolute Gasteiger partial charge is 0.271 e.